The highest BCUT2D eigenvalue weighted by Gasteiger charge is 2.18. The molecule has 72 valence electrons. The van der Waals surface area contributed by atoms with Gasteiger partial charge in [-0.15, -0.1) is 0 Å². The SMILES string of the molecule is CNC1CCCN(C[SH](=O)=O)C1. The molecule has 0 aliphatic carbocycles. The Balaban J connectivity index is 2.35. The van der Waals surface area contributed by atoms with Crippen molar-refractivity contribution >= 4 is 10.7 Å². The first-order valence-electron chi connectivity index (χ1n) is 4.24. The molecule has 0 radical (unpaired) electrons. The predicted octanol–water partition coefficient (Wildman–Crippen LogP) is -0.761. The van der Waals surface area contributed by atoms with Crippen LogP contribution in [0.4, 0.5) is 0 Å². The molecule has 0 aromatic carbocycles. The second-order valence-electron chi connectivity index (χ2n) is 3.18. The van der Waals surface area contributed by atoms with E-state index < -0.39 is 10.7 Å². The van der Waals surface area contributed by atoms with Crippen molar-refractivity contribution in [1.29, 1.82) is 0 Å². The van der Waals surface area contributed by atoms with Crippen LogP contribution in [0.15, 0.2) is 0 Å². The summed E-state index contributed by atoms with van der Waals surface area (Å²) in [7, 11) is -0.327. The Bertz CT molecular complexity index is 198. The van der Waals surface area contributed by atoms with Crippen molar-refractivity contribution in [1.82, 2.24) is 10.2 Å². The van der Waals surface area contributed by atoms with Crippen LogP contribution in [-0.2, 0) is 10.7 Å². The normalized spacial score (nSPS) is 26.3. The zero-order chi connectivity index (χ0) is 8.97. The molecule has 0 saturated carbocycles. The van der Waals surface area contributed by atoms with Gasteiger partial charge in [0.05, 0.1) is 5.88 Å². The number of rotatable bonds is 3. The van der Waals surface area contributed by atoms with E-state index in [1.807, 2.05) is 11.9 Å². The van der Waals surface area contributed by atoms with Crippen molar-refractivity contribution in [2.75, 3.05) is 26.0 Å². The Kier molecular flexibility index (Phi) is 3.97. The van der Waals surface area contributed by atoms with Crippen LogP contribution in [0.2, 0.25) is 0 Å². The van der Waals surface area contributed by atoms with Gasteiger partial charge >= 0.3 is 0 Å². The summed E-state index contributed by atoms with van der Waals surface area (Å²) in [4.78, 5) is 1.98. The zero-order valence-corrected chi connectivity index (χ0v) is 8.22. The van der Waals surface area contributed by atoms with Gasteiger partial charge in [0.2, 0.25) is 0 Å². The van der Waals surface area contributed by atoms with E-state index in [2.05, 4.69) is 5.32 Å². The number of hydrogen-bond donors (Lipinski definition) is 2. The first-order valence-corrected chi connectivity index (χ1v) is 5.60. The summed E-state index contributed by atoms with van der Waals surface area (Å²) in [6, 6.07) is 0.466. The predicted molar refractivity (Wildman–Crippen MR) is 48.8 cm³/mol. The van der Waals surface area contributed by atoms with Gasteiger partial charge in [-0.05, 0) is 26.4 Å². The maximum absolute atomic E-state index is 10.4. The van der Waals surface area contributed by atoms with Crippen molar-refractivity contribution in [3.8, 4) is 0 Å². The lowest BCUT2D eigenvalue weighted by Crippen LogP contribution is -2.44. The number of likely N-dealkylation sites (tertiary alicyclic amines) is 1. The van der Waals surface area contributed by atoms with Gasteiger partial charge in [-0.1, -0.05) is 0 Å². The van der Waals surface area contributed by atoms with E-state index in [0.717, 1.165) is 25.9 Å². The van der Waals surface area contributed by atoms with Crippen LogP contribution in [0.1, 0.15) is 12.8 Å². The van der Waals surface area contributed by atoms with Crippen molar-refractivity contribution in [2.45, 2.75) is 18.9 Å². The Morgan fingerprint density at radius 1 is 1.58 bits per heavy atom. The standard InChI is InChI=1S/C7H16N2O2S/c1-8-7-3-2-4-9(5-7)6-12(10)11/h7-8,12H,2-6H2,1H3. The summed E-state index contributed by atoms with van der Waals surface area (Å²) >= 11 is 0. The Labute approximate surface area is 74.9 Å². The van der Waals surface area contributed by atoms with Crippen molar-refractivity contribution in [3.05, 3.63) is 0 Å². The van der Waals surface area contributed by atoms with Crippen molar-refractivity contribution < 1.29 is 8.42 Å². The summed E-state index contributed by atoms with van der Waals surface area (Å²) in [5.74, 6) is 0.216. The molecule has 1 fully saturated rings. The van der Waals surface area contributed by atoms with Crippen LogP contribution in [0.3, 0.4) is 0 Å². The lowest BCUT2D eigenvalue weighted by atomic mass is 10.1. The van der Waals surface area contributed by atoms with Gasteiger partial charge < -0.3 is 5.32 Å². The van der Waals surface area contributed by atoms with Gasteiger partial charge in [-0.2, -0.15) is 0 Å². The van der Waals surface area contributed by atoms with Crippen LogP contribution in [0.25, 0.3) is 0 Å². The fourth-order valence-electron chi connectivity index (χ4n) is 1.58. The number of hydrogen-bond acceptors (Lipinski definition) is 4. The van der Waals surface area contributed by atoms with Gasteiger partial charge in [-0.25, -0.2) is 8.42 Å². The molecule has 1 unspecified atom stereocenters. The number of piperidine rings is 1. The highest BCUT2D eigenvalue weighted by molar-refractivity contribution is 7.72. The molecule has 1 heterocycles. The molecule has 1 aliphatic rings. The smallest absolute Gasteiger partial charge is 0.153 e. The van der Waals surface area contributed by atoms with Crippen LogP contribution in [0.5, 0.6) is 0 Å². The molecule has 0 bridgehead atoms. The third-order valence-electron chi connectivity index (χ3n) is 2.23. The largest absolute Gasteiger partial charge is 0.316 e. The van der Waals surface area contributed by atoms with E-state index in [0.29, 0.717) is 6.04 Å². The fourth-order valence-corrected chi connectivity index (χ4v) is 2.17. The van der Waals surface area contributed by atoms with E-state index in [-0.39, 0.29) is 5.88 Å². The molecule has 4 nitrogen and oxygen atoms in total. The minimum absolute atomic E-state index is 0.216. The Morgan fingerprint density at radius 2 is 2.33 bits per heavy atom. The lowest BCUT2D eigenvalue weighted by Gasteiger charge is -2.30. The molecule has 1 aliphatic heterocycles. The number of nitrogens with one attached hydrogen (secondary N) is 1. The molecule has 0 spiro atoms. The highest BCUT2D eigenvalue weighted by atomic mass is 32.2. The number of thiol groups is 1. The summed E-state index contributed by atoms with van der Waals surface area (Å²) in [5, 5.41) is 3.17. The van der Waals surface area contributed by atoms with E-state index in [4.69, 9.17) is 0 Å². The summed E-state index contributed by atoms with van der Waals surface area (Å²) in [6.07, 6.45) is 2.25. The van der Waals surface area contributed by atoms with Crippen molar-refractivity contribution in [2.24, 2.45) is 0 Å². The van der Waals surface area contributed by atoms with Crippen LogP contribution in [-0.4, -0.2) is 45.4 Å². The molecule has 0 aromatic heterocycles. The average molecular weight is 192 g/mol. The van der Waals surface area contributed by atoms with Crippen LogP contribution in [0, 0.1) is 0 Å². The van der Waals surface area contributed by atoms with E-state index >= 15 is 0 Å². The molecular formula is C7H16N2O2S. The molecule has 1 rings (SSSR count). The first-order chi connectivity index (χ1) is 5.72. The van der Waals surface area contributed by atoms with E-state index in [1.54, 1.807) is 0 Å². The third-order valence-corrected chi connectivity index (χ3v) is 2.86. The second kappa shape index (κ2) is 4.79. The number of nitrogens with zero attached hydrogens (tertiary/aromatic N) is 1. The Hall–Kier alpha value is -0.130. The van der Waals surface area contributed by atoms with Gasteiger partial charge in [0.25, 0.3) is 0 Å². The molecule has 1 saturated heterocycles. The van der Waals surface area contributed by atoms with Gasteiger partial charge in [0, 0.05) is 12.6 Å². The van der Waals surface area contributed by atoms with E-state index in [1.165, 1.54) is 0 Å². The van der Waals surface area contributed by atoms with Crippen LogP contribution < -0.4 is 5.32 Å². The third kappa shape index (κ3) is 3.08. The molecule has 1 atom stereocenters. The summed E-state index contributed by atoms with van der Waals surface area (Å²) in [5.41, 5.74) is 0. The molecular weight excluding hydrogens is 176 g/mol. The number of likely N-dealkylation sites (N-methyl/N-ethyl adjacent to an activating group) is 1. The minimum atomic E-state index is -2.25. The quantitative estimate of drug-likeness (QED) is 0.577. The van der Waals surface area contributed by atoms with Gasteiger partial charge in [-0.3, -0.25) is 4.90 Å². The zero-order valence-electron chi connectivity index (χ0n) is 7.32. The molecule has 5 heteroatoms. The van der Waals surface area contributed by atoms with Crippen molar-refractivity contribution in [3.63, 3.8) is 0 Å². The fraction of sp³-hybridized carbons (Fsp3) is 1.00. The molecule has 12 heavy (non-hydrogen) atoms. The molecule has 0 amide bonds. The first kappa shape index (κ1) is 9.95. The van der Waals surface area contributed by atoms with E-state index in [9.17, 15) is 8.42 Å². The maximum Gasteiger partial charge on any atom is 0.153 e. The monoisotopic (exact) mass is 192 g/mol. The maximum atomic E-state index is 10.4. The Morgan fingerprint density at radius 3 is 2.92 bits per heavy atom. The lowest BCUT2D eigenvalue weighted by molar-refractivity contribution is 0.222. The summed E-state index contributed by atoms with van der Waals surface area (Å²) in [6.45, 7) is 1.78. The minimum Gasteiger partial charge on any atom is -0.316 e. The second-order valence-corrected chi connectivity index (χ2v) is 4.13. The van der Waals surface area contributed by atoms with Crippen LogP contribution >= 0.6 is 0 Å². The highest BCUT2D eigenvalue weighted by Crippen LogP contribution is 2.08. The van der Waals surface area contributed by atoms with Gasteiger partial charge in [0.1, 0.15) is 0 Å². The van der Waals surface area contributed by atoms with Gasteiger partial charge in [0.15, 0.2) is 10.7 Å². The topological polar surface area (TPSA) is 49.4 Å². The molecule has 0 aromatic rings. The summed E-state index contributed by atoms with van der Waals surface area (Å²) < 4.78 is 20.9. The average Bonchev–Trinajstić information content (AvgIpc) is 2.03. The molecule has 1 N–H and O–H groups in total.